The Hall–Kier alpha value is -3.27. The SMILES string of the molecule is Cc1c(C)n(Cc2ccco2)c2ncnc(SCC(=O)Nc3cccc(C(F)(F)F)c3)c12. The number of furan rings is 1. The molecule has 0 aliphatic rings. The van der Waals surface area contributed by atoms with E-state index in [0.717, 1.165) is 40.2 Å². The third-order valence-corrected chi connectivity index (χ3v) is 6.07. The van der Waals surface area contributed by atoms with Crippen molar-refractivity contribution in [2.75, 3.05) is 11.1 Å². The number of nitrogens with zero attached hydrogens (tertiary/aromatic N) is 3. The highest BCUT2D eigenvalue weighted by Gasteiger charge is 2.30. The molecule has 0 spiro atoms. The van der Waals surface area contributed by atoms with E-state index in [-0.39, 0.29) is 11.4 Å². The molecule has 1 amide bonds. The second-order valence-electron chi connectivity index (χ2n) is 7.17. The van der Waals surface area contributed by atoms with Gasteiger partial charge < -0.3 is 14.3 Å². The number of aryl methyl sites for hydroxylation is 1. The van der Waals surface area contributed by atoms with Gasteiger partial charge >= 0.3 is 6.18 Å². The maximum Gasteiger partial charge on any atom is 0.416 e. The van der Waals surface area contributed by atoms with Gasteiger partial charge in [0.15, 0.2) is 0 Å². The largest absolute Gasteiger partial charge is 0.467 e. The number of anilines is 1. The molecule has 0 bridgehead atoms. The number of fused-ring (bicyclic) bond motifs is 1. The predicted octanol–water partition coefficient (Wildman–Crippen LogP) is 5.44. The minimum absolute atomic E-state index is 0.00971. The molecule has 0 radical (unpaired) electrons. The molecule has 1 aromatic carbocycles. The van der Waals surface area contributed by atoms with Crippen molar-refractivity contribution in [2.45, 2.75) is 31.6 Å². The monoisotopic (exact) mass is 460 g/mol. The van der Waals surface area contributed by atoms with Gasteiger partial charge in [-0.15, -0.1) is 0 Å². The Morgan fingerprint density at radius 2 is 2.00 bits per heavy atom. The van der Waals surface area contributed by atoms with Crippen molar-refractivity contribution in [2.24, 2.45) is 0 Å². The summed E-state index contributed by atoms with van der Waals surface area (Å²) in [4.78, 5) is 21.1. The Balaban J connectivity index is 1.52. The van der Waals surface area contributed by atoms with E-state index in [9.17, 15) is 18.0 Å². The van der Waals surface area contributed by atoms with Crippen molar-refractivity contribution >= 4 is 34.4 Å². The normalized spacial score (nSPS) is 11.8. The van der Waals surface area contributed by atoms with Gasteiger partial charge in [-0.05, 0) is 49.7 Å². The summed E-state index contributed by atoms with van der Waals surface area (Å²) in [5, 5.41) is 3.99. The number of alkyl halides is 3. The Bertz CT molecular complexity index is 1270. The molecule has 0 saturated heterocycles. The van der Waals surface area contributed by atoms with Crippen LogP contribution in [0.25, 0.3) is 11.0 Å². The molecular weight excluding hydrogens is 441 g/mol. The third-order valence-electron chi connectivity index (χ3n) is 5.08. The van der Waals surface area contributed by atoms with E-state index >= 15 is 0 Å². The highest BCUT2D eigenvalue weighted by Crippen LogP contribution is 2.33. The Morgan fingerprint density at radius 1 is 1.19 bits per heavy atom. The molecule has 6 nitrogen and oxygen atoms in total. The minimum Gasteiger partial charge on any atom is -0.467 e. The van der Waals surface area contributed by atoms with Crippen molar-refractivity contribution in [3.05, 3.63) is 71.6 Å². The predicted molar refractivity (Wildman–Crippen MR) is 116 cm³/mol. The molecule has 4 aromatic rings. The van der Waals surface area contributed by atoms with Crippen LogP contribution in [0.5, 0.6) is 0 Å². The quantitative estimate of drug-likeness (QED) is 0.306. The van der Waals surface area contributed by atoms with E-state index < -0.39 is 17.6 Å². The maximum atomic E-state index is 12.9. The molecule has 166 valence electrons. The molecule has 0 unspecified atom stereocenters. The number of benzene rings is 1. The van der Waals surface area contributed by atoms with Crippen LogP contribution in [0.4, 0.5) is 18.9 Å². The summed E-state index contributed by atoms with van der Waals surface area (Å²) in [6, 6.07) is 8.25. The number of carbonyl (C=O) groups is 1. The van der Waals surface area contributed by atoms with E-state index in [4.69, 9.17) is 4.42 Å². The Labute approximate surface area is 185 Å². The molecule has 0 aliphatic carbocycles. The van der Waals surface area contributed by atoms with E-state index in [1.807, 2.05) is 30.5 Å². The minimum atomic E-state index is -4.47. The van der Waals surface area contributed by atoms with E-state index in [1.54, 1.807) is 6.26 Å². The highest BCUT2D eigenvalue weighted by atomic mass is 32.2. The molecule has 4 rings (SSSR count). The molecule has 0 saturated carbocycles. The van der Waals surface area contributed by atoms with Gasteiger partial charge in [-0.2, -0.15) is 13.2 Å². The zero-order chi connectivity index (χ0) is 22.9. The number of hydrogen-bond acceptors (Lipinski definition) is 5. The Kier molecular flexibility index (Phi) is 5.96. The summed E-state index contributed by atoms with van der Waals surface area (Å²) in [6.07, 6.45) is -1.42. The zero-order valence-electron chi connectivity index (χ0n) is 17.2. The van der Waals surface area contributed by atoms with Crippen molar-refractivity contribution in [1.82, 2.24) is 14.5 Å². The van der Waals surface area contributed by atoms with Crippen LogP contribution in [-0.2, 0) is 17.5 Å². The first-order valence-electron chi connectivity index (χ1n) is 9.66. The van der Waals surface area contributed by atoms with Crippen molar-refractivity contribution < 1.29 is 22.4 Å². The van der Waals surface area contributed by atoms with E-state index in [1.165, 1.54) is 30.2 Å². The first-order valence-corrected chi connectivity index (χ1v) is 10.7. The molecule has 10 heteroatoms. The average Bonchev–Trinajstić information content (AvgIpc) is 3.35. The molecular formula is C22H19F3N4O2S. The van der Waals surface area contributed by atoms with Gasteiger partial charge in [-0.3, -0.25) is 4.79 Å². The van der Waals surface area contributed by atoms with Gasteiger partial charge in [0.1, 0.15) is 22.8 Å². The number of aromatic nitrogens is 3. The smallest absolute Gasteiger partial charge is 0.416 e. The van der Waals surface area contributed by atoms with Crippen molar-refractivity contribution in [3.63, 3.8) is 0 Å². The van der Waals surface area contributed by atoms with Gasteiger partial charge in [0.2, 0.25) is 5.91 Å². The second kappa shape index (κ2) is 8.70. The van der Waals surface area contributed by atoms with Crippen LogP contribution in [0, 0.1) is 13.8 Å². The number of amides is 1. The fourth-order valence-electron chi connectivity index (χ4n) is 3.40. The van der Waals surface area contributed by atoms with Gasteiger partial charge in [0, 0.05) is 11.4 Å². The molecule has 32 heavy (non-hydrogen) atoms. The van der Waals surface area contributed by atoms with E-state index in [2.05, 4.69) is 15.3 Å². The number of rotatable bonds is 6. The highest BCUT2D eigenvalue weighted by molar-refractivity contribution is 8.00. The lowest BCUT2D eigenvalue weighted by Crippen LogP contribution is -2.15. The third kappa shape index (κ3) is 4.50. The van der Waals surface area contributed by atoms with Crippen LogP contribution < -0.4 is 5.32 Å². The fourth-order valence-corrected chi connectivity index (χ4v) is 4.25. The lowest BCUT2D eigenvalue weighted by molar-refractivity contribution is -0.137. The molecule has 3 aromatic heterocycles. The molecule has 0 aliphatic heterocycles. The first kappa shape index (κ1) is 21.9. The number of nitrogens with one attached hydrogen (secondary N) is 1. The van der Waals surface area contributed by atoms with Crippen LogP contribution in [0.15, 0.2) is 58.4 Å². The lowest BCUT2D eigenvalue weighted by atomic mass is 10.2. The van der Waals surface area contributed by atoms with Gasteiger partial charge in [-0.25, -0.2) is 9.97 Å². The Morgan fingerprint density at radius 3 is 2.72 bits per heavy atom. The summed E-state index contributed by atoms with van der Waals surface area (Å²) in [7, 11) is 0. The van der Waals surface area contributed by atoms with Crippen molar-refractivity contribution in [1.29, 1.82) is 0 Å². The van der Waals surface area contributed by atoms with Crippen molar-refractivity contribution in [3.8, 4) is 0 Å². The summed E-state index contributed by atoms with van der Waals surface area (Å²) in [6.45, 7) is 4.46. The van der Waals surface area contributed by atoms with Crippen LogP contribution in [0.2, 0.25) is 0 Å². The fraction of sp³-hybridized carbons (Fsp3) is 0.227. The summed E-state index contributed by atoms with van der Waals surface area (Å²) in [5.74, 6) is 0.355. The van der Waals surface area contributed by atoms with Crippen LogP contribution in [0.3, 0.4) is 0 Å². The standard InChI is InChI=1S/C22H19F3N4O2S/c1-13-14(2)29(10-17-7-4-8-31-17)20-19(13)21(27-12-26-20)32-11-18(30)28-16-6-3-5-15(9-16)22(23,24)25/h3-9,12H,10-11H2,1-2H3,(H,28,30). The molecule has 1 N–H and O–H groups in total. The van der Waals surface area contributed by atoms with Gasteiger partial charge in [-0.1, -0.05) is 17.8 Å². The number of thioether (sulfide) groups is 1. The first-order chi connectivity index (χ1) is 15.2. The van der Waals surface area contributed by atoms with E-state index in [0.29, 0.717) is 11.6 Å². The molecule has 0 atom stereocenters. The van der Waals surface area contributed by atoms with Gasteiger partial charge in [0.05, 0.1) is 29.5 Å². The molecule has 0 fully saturated rings. The zero-order valence-corrected chi connectivity index (χ0v) is 18.0. The number of carbonyl (C=O) groups excluding carboxylic acids is 1. The van der Waals surface area contributed by atoms with Crippen LogP contribution in [-0.4, -0.2) is 26.2 Å². The summed E-state index contributed by atoms with van der Waals surface area (Å²) in [5.41, 5.74) is 2.01. The van der Waals surface area contributed by atoms with Crippen LogP contribution >= 0.6 is 11.8 Å². The second-order valence-corrected chi connectivity index (χ2v) is 8.13. The summed E-state index contributed by atoms with van der Waals surface area (Å²) < 4.78 is 46.1. The number of halogens is 3. The van der Waals surface area contributed by atoms with Gasteiger partial charge in [0.25, 0.3) is 0 Å². The maximum absolute atomic E-state index is 12.9. The average molecular weight is 460 g/mol. The van der Waals surface area contributed by atoms with Crippen LogP contribution in [0.1, 0.15) is 22.6 Å². The summed E-state index contributed by atoms with van der Waals surface area (Å²) >= 11 is 1.21. The molecule has 3 heterocycles. The lowest BCUT2D eigenvalue weighted by Gasteiger charge is -2.10. The topological polar surface area (TPSA) is 73.0 Å². The number of hydrogen-bond donors (Lipinski definition) is 1.